The van der Waals surface area contributed by atoms with Crippen molar-refractivity contribution in [1.82, 2.24) is 0 Å². The fraction of sp³-hybridized carbons (Fsp3) is 0.857. The van der Waals surface area contributed by atoms with Gasteiger partial charge in [0.05, 0.1) is 5.60 Å². The molecule has 0 fully saturated rings. The number of rotatable bonds is 3. The lowest BCUT2D eigenvalue weighted by Gasteiger charge is -2.26. The minimum atomic E-state index is -4.50. The number of hydrogen-bond donors (Lipinski definition) is 2. The second kappa shape index (κ2) is 3.88. The van der Waals surface area contributed by atoms with Gasteiger partial charge in [-0.1, -0.05) is 0 Å². The smallest absolute Gasteiger partial charge is 0.353 e. The van der Waals surface area contributed by atoms with E-state index < -0.39 is 24.8 Å². The summed E-state index contributed by atoms with van der Waals surface area (Å²) in [6.45, 7) is 5.96. The first-order chi connectivity index (χ1) is 5.54. The number of carbonyl (C=O) groups is 1. The lowest BCUT2D eigenvalue weighted by Crippen LogP contribution is -2.31. The van der Waals surface area contributed by atoms with E-state index in [0.29, 0.717) is 0 Å². The van der Waals surface area contributed by atoms with E-state index in [0.717, 1.165) is 6.92 Å². The lowest BCUT2D eigenvalue weighted by molar-refractivity contribution is -0.131. The zero-order valence-corrected chi connectivity index (χ0v) is 9.04. The van der Waals surface area contributed by atoms with E-state index in [1.807, 2.05) is 0 Å². The minimum Gasteiger partial charge on any atom is -0.353 e. The molecular weight excluding hydrogens is 195 g/mol. The summed E-state index contributed by atoms with van der Waals surface area (Å²) in [5.41, 5.74) is -0.753. The van der Waals surface area contributed by atoms with E-state index in [9.17, 15) is 9.36 Å². The van der Waals surface area contributed by atoms with Crippen molar-refractivity contribution in [3.8, 4) is 0 Å². The van der Waals surface area contributed by atoms with Gasteiger partial charge in [-0.3, -0.25) is 9.36 Å². The maximum Gasteiger partial charge on any atom is 0.361 e. The van der Waals surface area contributed by atoms with Crippen molar-refractivity contribution < 1.29 is 23.9 Å². The van der Waals surface area contributed by atoms with Gasteiger partial charge in [0.15, 0.2) is 5.78 Å². The molecule has 0 heterocycles. The molecular formula is C7H15O5P. The van der Waals surface area contributed by atoms with Crippen LogP contribution >= 0.6 is 7.60 Å². The number of carbonyl (C=O) groups excluding carboxylic acids is 1. The van der Waals surface area contributed by atoms with Crippen LogP contribution in [0.4, 0.5) is 0 Å². The van der Waals surface area contributed by atoms with Gasteiger partial charge in [-0.05, 0) is 27.7 Å². The Kier molecular flexibility index (Phi) is 3.82. The molecule has 0 saturated carbocycles. The fourth-order valence-electron chi connectivity index (χ4n) is 0.723. The highest BCUT2D eigenvalue weighted by molar-refractivity contribution is 7.53. The highest BCUT2D eigenvalue weighted by Crippen LogP contribution is 2.43. The van der Waals surface area contributed by atoms with Crippen molar-refractivity contribution in [2.24, 2.45) is 0 Å². The molecule has 0 aromatic heterocycles. The van der Waals surface area contributed by atoms with Crippen LogP contribution in [0, 0.1) is 0 Å². The Morgan fingerprint density at radius 2 is 1.77 bits per heavy atom. The largest absolute Gasteiger partial charge is 0.361 e. The quantitative estimate of drug-likeness (QED) is 0.676. The molecule has 1 atom stereocenters. The molecule has 5 nitrogen and oxygen atoms in total. The van der Waals surface area contributed by atoms with Crippen molar-refractivity contribution in [1.29, 1.82) is 0 Å². The number of hydrogen-bond acceptors (Lipinski definition) is 3. The molecule has 2 N–H and O–H groups in total. The van der Waals surface area contributed by atoms with E-state index >= 15 is 0 Å². The summed E-state index contributed by atoms with van der Waals surface area (Å²) in [4.78, 5) is 28.4. The normalized spacial score (nSPS) is 15.5. The van der Waals surface area contributed by atoms with Gasteiger partial charge in [0.1, 0.15) is 0 Å². The Hall–Kier alpha value is -0.220. The summed E-state index contributed by atoms with van der Waals surface area (Å²) in [5.74, 6) is -2.31. The third-order valence-corrected chi connectivity index (χ3v) is 2.20. The van der Waals surface area contributed by atoms with Gasteiger partial charge in [-0.15, -0.1) is 0 Å². The summed E-state index contributed by atoms with van der Waals surface area (Å²) < 4.78 is 15.8. The lowest BCUT2D eigenvalue weighted by atomic mass is 10.2. The van der Waals surface area contributed by atoms with Crippen LogP contribution in [0.3, 0.4) is 0 Å². The van der Waals surface area contributed by atoms with Crippen LogP contribution in [-0.4, -0.2) is 27.0 Å². The minimum absolute atomic E-state index is 0.664. The van der Waals surface area contributed by atoms with E-state index in [4.69, 9.17) is 14.5 Å². The van der Waals surface area contributed by atoms with Crippen molar-refractivity contribution in [2.45, 2.75) is 39.1 Å². The summed E-state index contributed by atoms with van der Waals surface area (Å²) >= 11 is 0. The topological polar surface area (TPSA) is 83.8 Å². The van der Waals surface area contributed by atoms with Crippen LogP contribution < -0.4 is 0 Å². The molecule has 0 rings (SSSR count). The molecule has 0 radical (unpaired) electrons. The Bertz CT molecular complexity index is 236. The fourth-order valence-corrected chi connectivity index (χ4v) is 1.65. The van der Waals surface area contributed by atoms with Gasteiger partial charge in [-0.2, -0.15) is 0 Å². The van der Waals surface area contributed by atoms with Gasteiger partial charge in [-0.25, -0.2) is 0 Å². The molecule has 0 aromatic carbocycles. The maximum atomic E-state index is 10.9. The first kappa shape index (κ1) is 12.8. The maximum absolute atomic E-state index is 10.9. The van der Waals surface area contributed by atoms with Crippen LogP contribution in [0.1, 0.15) is 27.7 Å². The molecule has 0 bridgehead atoms. The molecule has 0 amide bonds. The van der Waals surface area contributed by atoms with E-state index in [1.165, 1.54) is 0 Å². The van der Waals surface area contributed by atoms with E-state index in [-0.39, 0.29) is 0 Å². The highest BCUT2D eigenvalue weighted by Gasteiger charge is 2.37. The predicted molar refractivity (Wildman–Crippen MR) is 47.4 cm³/mol. The van der Waals surface area contributed by atoms with Crippen molar-refractivity contribution in [3.63, 3.8) is 0 Å². The number of ketones is 1. The average Bonchev–Trinajstić information content (AvgIpc) is 1.77. The third-order valence-electron chi connectivity index (χ3n) is 1.12. The molecule has 13 heavy (non-hydrogen) atoms. The monoisotopic (exact) mass is 210 g/mol. The number of Topliss-reactive ketones (excluding diaryl/α,β-unsaturated/α-hetero) is 1. The second-order valence-electron chi connectivity index (χ2n) is 3.78. The SMILES string of the molecule is CC(=O)C(OC(C)(C)C)P(=O)(O)O. The second-order valence-corrected chi connectivity index (χ2v) is 5.43. The van der Waals surface area contributed by atoms with Crippen LogP contribution in [0.5, 0.6) is 0 Å². The first-order valence-electron chi connectivity index (χ1n) is 3.77. The van der Waals surface area contributed by atoms with Gasteiger partial charge in [0.2, 0.25) is 5.85 Å². The predicted octanol–water partition coefficient (Wildman–Crippen LogP) is 0.894. The zero-order chi connectivity index (χ0) is 10.9. The van der Waals surface area contributed by atoms with E-state index in [2.05, 4.69) is 0 Å². The van der Waals surface area contributed by atoms with Crippen molar-refractivity contribution in [3.05, 3.63) is 0 Å². The van der Waals surface area contributed by atoms with Crippen LogP contribution in [0.15, 0.2) is 0 Å². The van der Waals surface area contributed by atoms with Gasteiger partial charge < -0.3 is 14.5 Å². The molecule has 0 aliphatic heterocycles. The molecule has 1 unspecified atom stereocenters. The standard InChI is InChI=1S/C7H15O5P/c1-5(8)6(13(9,10)11)12-7(2,3)4/h6H,1-4H3,(H2,9,10,11). The van der Waals surface area contributed by atoms with Gasteiger partial charge in [0.25, 0.3) is 0 Å². The van der Waals surface area contributed by atoms with E-state index in [1.54, 1.807) is 20.8 Å². The molecule has 6 heteroatoms. The number of ether oxygens (including phenoxy) is 1. The average molecular weight is 210 g/mol. The summed E-state index contributed by atoms with van der Waals surface area (Å²) in [5, 5.41) is 0. The third kappa shape index (κ3) is 5.16. The molecule has 0 aliphatic rings. The van der Waals surface area contributed by atoms with Crippen LogP contribution in [0.2, 0.25) is 0 Å². The highest BCUT2D eigenvalue weighted by atomic mass is 31.2. The Balaban J connectivity index is 4.67. The van der Waals surface area contributed by atoms with Gasteiger partial charge >= 0.3 is 7.60 Å². The summed E-state index contributed by atoms with van der Waals surface area (Å²) in [6.07, 6.45) is 0. The molecule has 0 aliphatic carbocycles. The Labute approximate surface area is 77.3 Å². The van der Waals surface area contributed by atoms with Crippen molar-refractivity contribution in [2.75, 3.05) is 0 Å². The molecule has 0 spiro atoms. The first-order valence-corrected chi connectivity index (χ1v) is 5.45. The molecule has 78 valence electrons. The Morgan fingerprint density at radius 1 is 1.38 bits per heavy atom. The summed E-state index contributed by atoms with van der Waals surface area (Å²) in [7, 11) is -4.50. The molecule has 0 saturated heterocycles. The van der Waals surface area contributed by atoms with Gasteiger partial charge in [0, 0.05) is 0 Å². The van der Waals surface area contributed by atoms with Crippen LogP contribution in [-0.2, 0) is 14.1 Å². The van der Waals surface area contributed by atoms with Crippen LogP contribution in [0.25, 0.3) is 0 Å². The molecule has 0 aromatic rings. The summed E-state index contributed by atoms with van der Waals surface area (Å²) in [6, 6.07) is 0. The zero-order valence-electron chi connectivity index (χ0n) is 8.14. The Morgan fingerprint density at radius 3 is 1.85 bits per heavy atom. The van der Waals surface area contributed by atoms with Crippen molar-refractivity contribution >= 4 is 13.4 Å².